The van der Waals surface area contributed by atoms with Crippen molar-refractivity contribution in [3.05, 3.63) is 24.2 Å². The average molecular weight is 249 g/mol. The molecule has 3 rings (SSSR count). The molecule has 1 unspecified atom stereocenters. The molecular formula is C15H23NO2. The minimum absolute atomic E-state index is 0.192. The lowest BCUT2D eigenvalue weighted by Crippen LogP contribution is -2.47. The maximum Gasteiger partial charge on any atom is 0.117 e. The van der Waals surface area contributed by atoms with Gasteiger partial charge in [-0.1, -0.05) is 19.3 Å². The van der Waals surface area contributed by atoms with E-state index in [2.05, 4.69) is 5.32 Å². The Morgan fingerprint density at radius 3 is 2.94 bits per heavy atom. The van der Waals surface area contributed by atoms with Crippen LogP contribution in [0.2, 0.25) is 0 Å². The van der Waals surface area contributed by atoms with Crippen molar-refractivity contribution in [3.8, 4) is 0 Å². The van der Waals surface area contributed by atoms with Crippen molar-refractivity contribution in [2.45, 2.75) is 63.1 Å². The summed E-state index contributed by atoms with van der Waals surface area (Å²) in [7, 11) is 0. The molecule has 1 atom stereocenters. The molecule has 2 fully saturated rings. The minimum atomic E-state index is 0.192. The molecule has 1 spiro atoms. The molecule has 1 aliphatic carbocycles. The number of rotatable bonds is 3. The minimum Gasteiger partial charge on any atom is -0.468 e. The summed E-state index contributed by atoms with van der Waals surface area (Å²) in [6.07, 6.45) is 10.6. The van der Waals surface area contributed by atoms with Crippen molar-refractivity contribution in [1.29, 1.82) is 0 Å². The van der Waals surface area contributed by atoms with Gasteiger partial charge in [0.2, 0.25) is 0 Å². The number of furan rings is 1. The molecular weight excluding hydrogens is 226 g/mol. The first-order valence-corrected chi connectivity index (χ1v) is 7.26. The lowest BCUT2D eigenvalue weighted by atomic mass is 9.78. The van der Waals surface area contributed by atoms with Crippen LogP contribution in [0.3, 0.4) is 0 Å². The van der Waals surface area contributed by atoms with Crippen LogP contribution in [0, 0.1) is 0 Å². The van der Waals surface area contributed by atoms with E-state index in [9.17, 15) is 0 Å². The van der Waals surface area contributed by atoms with E-state index in [1.807, 2.05) is 12.1 Å². The standard InChI is InChI=1S/C15H23NO2/c1-2-7-15(8-3-1)11-13(6-10-18-15)16-12-14-5-4-9-17-14/h4-5,9,13,16H,1-3,6-8,10-12H2. The summed E-state index contributed by atoms with van der Waals surface area (Å²) in [5.41, 5.74) is 0.192. The van der Waals surface area contributed by atoms with Crippen LogP contribution in [-0.2, 0) is 11.3 Å². The molecule has 100 valence electrons. The smallest absolute Gasteiger partial charge is 0.117 e. The van der Waals surface area contributed by atoms with Gasteiger partial charge in [-0.05, 0) is 37.8 Å². The monoisotopic (exact) mass is 249 g/mol. The van der Waals surface area contributed by atoms with E-state index in [0.29, 0.717) is 6.04 Å². The van der Waals surface area contributed by atoms with Crippen LogP contribution in [0.1, 0.15) is 50.7 Å². The number of ether oxygens (including phenoxy) is 1. The molecule has 1 aliphatic heterocycles. The van der Waals surface area contributed by atoms with Crippen molar-refractivity contribution >= 4 is 0 Å². The Morgan fingerprint density at radius 2 is 2.17 bits per heavy atom. The Balaban J connectivity index is 1.53. The number of hydrogen-bond acceptors (Lipinski definition) is 3. The quantitative estimate of drug-likeness (QED) is 0.893. The Labute approximate surface area is 109 Å². The zero-order chi connectivity index (χ0) is 12.3. The van der Waals surface area contributed by atoms with Gasteiger partial charge in [0.1, 0.15) is 5.76 Å². The highest BCUT2D eigenvalue weighted by molar-refractivity contribution is 4.99. The van der Waals surface area contributed by atoms with Crippen LogP contribution in [0.4, 0.5) is 0 Å². The van der Waals surface area contributed by atoms with Gasteiger partial charge in [-0.15, -0.1) is 0 Å². The summed E-state index contributed by atoms with van der Waals surface area (Å²) < 4.78 is 11.5. The van der Waals surface area contributed by atoms with Gasteiger partial charge in [-0.3, -0.25) is 0 Å². The van der Waals surface area contributed by atoms with Gasteiger partial charge in [-0.2, -0.15) is 0 Å². The van der Waals surface area contributed by atoms with Crippen LogP contribution in [0.15, 0.2) is 22.8 Å². The molecule has 2 heterocycles. The molecule has 0 amide bonds. The number of hydrogen-bond donors (Lipinski definition) is 1. The summed E-state index contributed by atoms with van der Waals surface area (Å²) in [6.45, 7) is 1.75. The molecule has 1 aromatic rings. The van der Waals surface area contributed by atoms with Crippen molar-refractivity contribution in [2.24, 2.45) is 0 Å². The van der Waals surface area contributed by atoms with Crippen LogP contribution in [0.25, 0.3) is 0 Å². The fourth-order valence-electron chi connectivity index (χ4n) is 3.40. The first-order valence-electron chi connectivity index (χ1n) is 7.26. The predicted molar refractivity (Wildman–Crippen MR) is 70.3 cm³/mol. The fraction of sp³-hybridized carbons (Fsp3) is 0.733. The molecule has 18 heavy (non-hydrogen) atoms. The third-order valence-corrected chi connectivity index (χ3v) is 4.40. The Kier molecular flexibility index (Phi) is 3.71. The summed E-state index contributed by atoms with van der Waals surface area (Å²) in [5, 5.41) is 3.62. The van der Waals surface area contributed by atoms with Crippen molar-refractivity contribution in [1.82, 2.24) is 5.32 Å². The van der Waals surface area contributed by atoms with Gasteiger partial charge in [0.25, 0.3) is 0 Å². The first-order chi connectivity index (χ1) is 8.86. The second-order valence-electron chi connectivity index (χ2n) is 5.74. The van der Waals surface area contributed by atoms with Gasteiger partial charge in [0, 0.05) is 12.6 Å². The van der Waals surface area contributed by atoms with Gasteiger partial charge in [0.05, 0.1) is 18.4 Å². The molecule has 1 saturated carbocycles. The Hall–Kier alpha value is -0.800. The van der Waals surface area contributed by atoms with Crippen molar-refractivity contribution in [2.75, 3.05) is 6.61 Å². The Bertz CT molecular complexity index is 349. The van der Waals surface area contributed by atoms with Crippen molar-refractivity contribution < 1.29 is 9.15 Å². The molecule has 2 aliphatic rings. The molecule has 1 aromatic heterocycles. The number of nitrogens with one attached hydrogen (secondary N) is 1. The molecule has 0 bridgehead atoms. The van der Waals surface area contributed by atoms with Crippen LogP contribution >= 0.6 is 0 Å². The largest absolute Gasteiger partial charge is 0.468 e. The van der Waals surface area contributed by atoms with E-state index in [4.69, 9.17) is 9.15 Å². The fourth-order valence-corrected chi connectivity index (χ4v) is 3.40. The third kappa shape index (κ3) is 2.78. The highest BCUT2D eigenvalue weighted by Gasteiger charge is 2.38. The van der Waals surface area contributed by atoms with Crippen molar-refractivity contribution in [3.63, 3.8) is 0 Å². The van der Waals surface area contributed by atoms with Crippen LogP contribution in [0.5, 0.6) is 0 Å². The van der Waals surface area contributed by atoms with Gasteiger partial charge in [-0.25, -0.2) is 0 Å². The molecule has 1 N–H and O–H groups in total. The van der Waals surface area contributed by atoms with E-state index >= 15 is 0 Å². The average Bonchev–Trinajstić information content (AvgIpc) is 2.91. The Morgan fingerprint density at radius 1 is 1.28 bits per heavy atom. The lowest BCUT2D eigenvalue weighted by molar-refractivity contribution is -0.109. The van der Waals surface area contributed by atoms with E-state index in [-0.39, 0.29) is 5.60 Å². The maximum absolute atomic E-state index is 6.11. The first kappa shape index (κ1) is 12.2. The topological polar surface area (TPSA) is 34.4 Å². The van der Waals surface area contributed by atoms with E-state index < -0.39 is 0 Å². The molecule has 0 radical (unpaired) electrons. The summed E-state index contributed by atoms with van der Waals surface area (Å²) in [4.78, 5) is 0. The van der Waals surface area contributed by atoms with Crippen LogP contribution < -0.4 is 5.32 Å². The van der Waals surface area contributed by atoms with E-state index in [0.717, 1.165) is 25.3 Å². The lowest BCUT2D eigenvalue weighted by Gasteiger charge is -2.43. The SMILES string of the molecule is c1coc(CNC2CCOC3(CCCCC3)C2)c1. The maximum atomic E-state index is 6.11. The van der Waals surface area contributed by atoms with Crippen LogP contribution in [-0.4, -0.2) is 18.2 Å². The zero-order valence-electron chi connectivity index (χ0n) is 11.0. The van der Waals surface area contributed by atoms with Gasteiger partial charge < -0.3 is 14.5 Å². The summed E-state index contributed by atoms with van der Waals surface area (Å²) in [5.74, 6) is 1.03. The summed E-state index contributed by atoms with van der Waals surface area (Å²) in [6, 6.07) is 4.56. The predicted octanol–water partition coefficient (Wildman–Crippen LogP) is 3.25. The highest BCUT2D eigenvalue weighted by Crippen LogP contribution is 2.38. The van der Waals surface area contributed by atoms with Gasteiger partial charge >= 0.3 is 0 Å². The second kappa shape index (κ2) is 5.45. The molecule has 1 saturated heterocycles. The highest BCUT2D eigenvalue weighted by atomic mass is 16.5. The summed E-state index contributed by atoms with van der Waals surface area (Å²) >= 11 is 0. The zero-order valence-corrected chi connectivity index (χ0v) is 11.0. The molecule has 0 aromatic carbocycles. The normalized spacial score (nSPS) is 27.4. The molecule has 3 nitrogen and oxygen atoms in total. The third-order valence-electron chi connectivity index (χ3n) is 4.40. The van der Waals surface area contributed by atoms with E-state index in [1.54, 1.807) is 6.26 Å². The van der Waals surface area contributed by atoms with Gasteiger partial charge in [0.15, 0.2) is 0 Å². The molecule has 3 heteroatoms. The second-order valence-corrected chi connectivity index (χ2v) is 5.74. The van der Waals surface area contributed by atoms with E-state index in [1.165, 1.54) is 38.5 Å².